The molecule has 1 saturated carbocycles. The highest BCUT2D eigenvalue weighted by Crippen LogP contribution is 2.43. The maximum atomic E-state index is 12.6. The van der Waals surface area contributed by atoms with Crippen molar-refractivity contribution >= 4 is 5.97 Å². The van der Waals surface area contributed by atoms with Gasteiger partial charge in [0.05, 0.1) is 5.60 Å². The number of rotatable bonds is 3. The lowest BCUT2D eigenvalue weighted by atomic mass is 9.79. The maximum Gasteiger partial charge on any atom is 0.573 e. The summed E-state index contributed by atoms with van der Waals surface area (Å²) in [4.78, 5) is 10.9. The van der Waals surface area contributed by atoms with Crippen LogP contribution in [-0.4, -0.2) is 17.4 Å². The van der Waals surface area contributed by atoms with Gasteiger partial charge in [0.25, 0.3) is 0 Å². The third kappa shape index (κ3) is 4.13. The first kappa shape index (κ1) is 16.6. The third-order valence-corrected chi connectivity index (χ3v) is 3.62. The zero-order valence-electron chi connectivity index (χ0n) is 12.1. The molecule has 1 aromatic rings. The summed E-state index contributed by atoms with van der Waals surface area (Å²) in [5, 5.41) is 10.6. The molecule has 0 heterocycles. The Morgan fingerprint density at radius 1 is 1.23 bits per heavy atom. The van der Waals surface area contributed by atoms with Crippen LogP contribution in [0.25, 0.3) is 0 Å². The number of carbonyl (C=O) groups is 1. The summed E-state index contributed by atoms with van der Waals surface area (Å²) in [6.07, 6.45) is -1.76. The van der Waals surface area contributed by atoms with Crippen LogP contribution in [0.3, 0.4) is 0 Å². The molecule has 0 saturated heterocycles. The highest BCUT2D eigenvalue weighted by molar-refractivity contribution is 5.69. The van der Waals surface area contributed by atoms with Crippen molar-refractivity contribution in [2.75, 3.05) is 0 Å². The molecule has 4 nitrogen and oxygen atoms in total. The zero-order valence-corrected chi connectivity index (χ0v) is 12.1. The first-order chi connectivity index (χ1) is 10.2. The minimum Gasteiger partial charge on any atom is -0.427 e. The van der Waals surface area contributed by atoms with Gasteiger partial charge < -0.3 is 14.6 Å². The number of alkyl halides is 3. The van der Waals surface area contributed by atoms with Crippen molar-refractivity contribution in [1.82, 2.24) is 0 Å². The molecule has 1 N–H and O–H groups in total. The van der Waals surface area contributed by atoms with E-state index in [-0.39, 0.29) is 11.3 Å². The zero-order chi connectivity index (χ0) is 16.4. The van der Waals surface area contributed by atoms with E-state index in [2.05, 4.69) is 4.74 Å². The predicted molar refractivity (Wildman–Crippen MR) is 71.4 cm³/mol. The molecular weight excluding hydrogens is 301 g/mol. The molecule has 0 aliphatic heterocycles. The molecule has 0 amide bonds. The largest absolute Gasteiger partial charge is 0.573 e. The van der Waals surface area contributed by atoms with Gasteiger partial charge in [0.1, 0.15) is 11.5 Å². The summed E-state index contributed by atoms with van der Waals surface area (Å²) in [5.74, 6) is -1.24. The molecular formula is C15H17F3O4. The van der Waals surface area contributed by atoms with Crippen LogP contribution < -0.4 is 9.47 Å². The van der Waals surface area contributed by atoms with E-state index >= 15 is 0 Å². The minimum absolute atomic E-state index is 0.0603. The van der Waals surface area contributed by atoms with E-state index in [0.29, 0.717) is 12.8 Å². The normalized spacial score (nSPS) is 17.9. The van der Waals surface area contributed by atoms with Crippen LogP contribution in [-0.2, 0) is 10.4 Å². The SMILES string of the molecule is CC(=O)Oc1ccc(C2(O)CCCCC2)c(OC(F)(F)F)c1. The molecule has 7 heteroatoms. The molecule has 122 valence electrons. The Labute approximate surface area is 125 Å². The molecule has 1 aliphatic rings. The van der Waals surface area contributed by atoms with Gasteiger partial charge in [-0.05, 0) is 25.0 Å². The fourth-order valence-electron chi connectivity index (χ4n) is 2.73. The standard InChI is InChI=1S/C15H17F3O4/c1-10(19)21-11-5-6-12(13(9-11)22-15(16,17)18)14(20)7-3-2-4-8-14/h5-6,9,20H,2-4,7-8H2,1H3. The van der Waals surface area contributed by atoms with E-state index in [4.69, 9.17) is 4.74 Å². The van der Waals surface area contributed by atoms with Crippen LogP contribution in [0.15, 0.2) is 18.2 Å². The summed E-state index contributed by atoms with van der Waals surface area (Å²) >= 11 is 0. The van der Waals surface area contributed by atoms with E-state index in [0.717, 1.165) is 32.3 Å². The summed E-state index contributed by atoms with van der Waals surface area (Å²) in [6, 6.07) is 3.66. The highest BCUT2D eigenvalue weighted by atomic mass is 19.4. The van der Waals surface area contributed by atoms with E-state index in [1.165, 1.54) is 12.1 Å². The first-order valence-electron chi connectivity index (χ1n) is 7.01. The summed E-state index contributed by atoms with van der Waals surface area (Å²) in [5.41, 5.74) is -1.28. The topological polar surface area (TPSA) is 55.8 Å². The van der Waals surface area contributed by atoms with Gasteiger partial charge in [-0.15, -0.1) is 13.2 Å². The third-order valence-electron chi connectivity index (χ3n) is 3.62. The number of esters is 1. The fraction of sp³-hybridized carbons (Fsp3) is 0.533. The summed E-state index contributed by atoms with van der Waals surface area (Å²) in [7, 11) is 0. The van der Waals surface area contributed by atoms with Gasteiger partial charge in [-0.2, -0.15) is 0 Å². The molecule has 0 unspecified atom stereocenters. The van der Waals surface area contributed by atoms with Crippen LogP contribution in [0.5, 0.6) is 11.5 Å². The maximum absolute atomic E-state index is 12.6. The van der Waals surface area contributed by atoms with Crippen molar-refractivity contribution in [1.29, 1.82) is 0 Å². The van der Waals surface area contributed by atoms with Gasteiger partial charge in [0.2, 0.25) is 0 Å². The van der Waals surface area contributed by atoms with E-state index < -0.39 is 23.7 Å². The van der Waals surface area contributed by atoms with Crippen molar-refractivity contribution in [3.05, 3.63) is 23.8 Å². The van der Waals surface area contributed by atoms with Gasteiger partial charge in [0.15, 0.2) is 0 Å². The van der Waals surface area contributed by atoms with Gasteiger partial charge in [-0.25, -0.2) is 0 Å². The first-order valence-corrected chi connectivity index (χ1v) is 7.01. The van der Waals surface area contributed by atoms with Crippen LogP contribution in [0.4, 0.5) is 13.2 Å². The molecule has 1 aromatic carbocycles. The molecule has 0 radical (unpaired) electrons. The predicted octanol–water partition coefficient (Wildman–Crippen LogP) is 3.66. The number of hydrogen-bond acceptors (Lipinski definition) is 4. The molecule has 0 bridgehead atoms. The van der Waals surface area contributed by atoms with Crippen LogP contribution in [0.2, 0.25) is 0 Å². The summed E-state index contributed by atoms with van der Waals surface area (Å²) in [6.45, 7) is 1.15. The second-order valence-corrected chi connectivity index (χ2v) is 5.39. The average Bonchev–Trinajstić information content (AvgIpc) is 2.36. The number of carbonyl (C=O) groups excluding carboxylic acids is 1. The molecule has 0 atom stereocenters. The van der Waals surface area contributed by atoms with Gasteiger partial charge in [0, 0.05) is 18.6 Å². The Bertz CT molecular complexity index is 548. The molecule has 0 spiro atoms. The average molecular weight is 318 g/mol. The number of halogens is 3. The Balaban J connectivity index is 2.40. The van der Waals surface area contributed by atoms with Gasteiger partial charge in [-0.3, -0.25) is 4.79 Å². The van der Waals surface area contributed by atoms with Crippen molar-refractivity contribution in [2.45, 2.75) is 51.0 Å². The lowest BCUT2D eigenvalue weighted by molar-refractivity contribution is -0.275. The van der Waals surface area contributed by atoms with Crippen LogP contribution >= 0.6 is 0 Å². The molecule has 0 aromatic heterocycles. The highest BCUT2D eigenvalue weighted by Gasteiger charge is 2.38. The van der Waals surface area contributed by atoms with E-state index in [1.807, 2.05) is 0 Å². The number of ether oxygens (including phenoxy) is 2. The number of hydrogen-bond donors (Lipinski definition) is 1. The van der Waals surface area contributed by atoms with Crippen LogP contribution in [0, 0.1) is 0 Å². The van der Waals surface area contributed by atoms with Crippen molar-refractivity contribution in [2.24, 2.45) is 0 Å². The Morgan fingerprint density at radius 3 is 2.41 bits per heavy atom. The lowest BCUT2D eigenvalue weighted by Gasteiger charge is -2.33. The molecule has 2 rings (SSSR count). The Kier molecular flexibility index (Phi) is 4.65. The molecule has 1 fully saturated rings. The second kappa shape index (κ2) is 6.16. The monoisotopic (exact) mass is 318 g/mol. The smallest absolute Gasteiger partial charge is 0.427 e. The molecule has 1 aliphatic carbocycles. The van der Waals surface area contributed by atoms with E-state index in [1.54, 1.807) is 0 Å². The van der Waals surface area contributed by atoms with Gasteiger partial charge >= 0.3 is 12.3 Å². The molecule has 22 heavy (non-hydrogen) atoms. The number of benzene rings is 1. The van der Waals surface area contributed by atoms with Crippen molar-refractivity contribution in [3.63, 3.8) is 0 Å². The Morgan fingerprint density at radius 2 is 1.86 bits per heavy atom. The summed E-state index contributed by atoms with van der Waals surface area (Å²) < 4.78 is 46.6. The van der Waals surface area contributed by atoms with Crippen LogP contribution in [0.1, 0.15) is 44.6 Å². The lowest BCUT2D eigenvalue weighted by Crippen LogP contribution is -2.30. The fourth-order valence-corrected chi connectivity index (χ4v) is 2.73. The van der Waals surface area contributed by atoms with E-state index in [9.17, 15) is 23.1 Å². The van der Waals surface area contributed by atoms with Gasteiger partial charge in [-0.1, -0.05) is 19.3 Å². The second-order valence-electron chi connectivity index (χ2n) is 5.39. The minimum atomic E-state index is -4.89. The quantitative estimate of drug-likeness (QED) is 0.682. The van der Waals surface area contributed by atoms with Crippen molar-refractivity contribution < 1.29 is 32.5 Å². The Hall–Kier alpha value is -1.76. The van der Waals surface area contributed by atoms with Crippen molar-refractivity contribution in [3.8, 4) is 11.5 Å². The number of aliphatic hydroxyl groups is 1.